The summed E-state index contributed by atoms with van der Waals surface area (Å²) >= 11 is 1.41. The number of rotatable bonds is 7. The molecule has 0 radical (unpaired) electrons. The zero-order chi connectivity index (χ0) is 32.6. The quantitative estimate of drug-likeness (QED) is 0.323. The van der Waals surface area contributed by atoms with Gasteiger partial charge in [0.15, 0.2) is 5.13 Å². The van der Waals surface area contributed by atoms with Gasteiger partial charge in [-0.3, -0.25) is 19.3 Å². The fraction of sp³-hybridized carbons (Fsp3) is 0.444. The summed E-state index contributed by atoms with van der Waals surface area (Å²) < 4.78 is 18.9. The second-order valence-electron chi connectivity index (χ2n) is 12.9. The van der Waals surface area contributed by atoms with E-state index in [-0.39, 0.29) is 42.0 Å². The first-order valence-corrected chi connectivity index (χ1v) is 17.3. The van der Waals surface area contributed by atoms with Gasteiger partial charge in [0, 0.05) is 56.3 Å². The van der Waals surface area contributed by atoms with Gasteiger partial charge in [-0.25, -0.2) is 9.37 Å². The number of amides is 3. The lowest BCUT2D eigenvalue weighted by molar-refractivity contribution is -0.140. The highest BCUT2D eigenvalue weighted by atomic mass is 32.1. The molecule has 3 atom stereocenters. The van der Waals surface area contributed by atoms with Gasteiger partial charge in [0.1, 0.15) is 11.9 Å². The molecule has 0 unspecified atom stereocenters. The number of anilines is 1. The van der Waals surface area contributed by atoms with E-state index in [1.165, 1.54) is 23.5 Å². The number of hydrogen-bond acceptors (Lipinski definition) is 7. The first-order valence-electron chi connectivity index (χ1n) is 16.4. The zero-order valence-corrected chi connectivity index (χ0v) is 27.3. The highest BCUT2D eigenvalue weighted by Crippen LogP contribution is 2.36. The van der Waals surface area contributed by atoms with Gasteiger partial charge in [0.2, 0.25) is 17.7 Å². The molecule has 2 aromatic carbocycles. The van der Waals surface area contributed by atoms with E-state index in [1.807, 2.05) is 30.3 Å². The summed E-state index contributed by atoms with van der Waals surface area (Å²) in [5.74, 6) is -0.547. The largest absolute Gasteiger partial charge is 0.381 e. The average molecular weight is 660 g/mol. The van der Waals surface area contributed by atoms with Crippen molar-refractivity contribution < 1.29 is 23.5 Å². The number of piperidine rings is 1. The van der Waals surface area contributed by atoms with Gasteiger partial charge in [-0.1, -0.05) is 54.6 Å². The van der Waals surface area contributed by atoms with Crippen LogP contribution in [0.5, 0.6) is 0 Å². The number of ether oxygens (including phenoxy) is 1. The van der Waals surface area contributed by atoms with Crippen molar-refractivity contribution in [2.24, 2.45) is 11.3 Å². The molecule has 248 valence electrons. The Balaban J connectivity index is 1.11. The molecule has 11 heteroatoms. The van der Waals surface area contributed by atoms with Crippen molar-refractivity contribution in [1.29, 1.82) is 0 Å². The molecule has 0 bridgehead atoms. The number of benzene rings is 2. The van der Waals surface area contributed by atoms with Crippen LogP contribution in [0.2, 0.25) is 0 Å². The molecular formula is C36H42FN5O4S. The van der Waals surface area contributed by atoms with Crippen molar-refractivity contribution in [1.82, 2.24) is 20.5 Å². The lowest BCUT2D eigenvalue weighted by Crippen LogP contribution is -2.58. The smallest absolute Gasteiger partial charge is 0.243 e. The van der Waals surface area contributed by atoms with Crippen molar-refractivity contribution in [3.8, 4) is 0 Å². The molecule has 0 aliphatic carbocycles. The number of halogens is 1. The zero-order valence-electron chi connectivity index (χ0n) is 26.5. The standard InChI is InChI=1S/C36H42FN5O4S/c37-28-11-9-26(10-12-28)20-29-22-38-35(47-29)41-32(43)24-42-17-13-30-27(23-42)8-4-5-14-36(15-18-46-19-16-36)34(45)40-31(33(44)39-30)21-25-6-2-1-3-7-25/h1-7,9-12,22,27,30-31H,8,13-21,23-24H2,(H,39,44)(H,40,45)(H,38,41,43)/b5-4+/t27-,30+,31+/m1/s1. The summed E-state index contributed by atoms with van der Waals surface area (Å²) in [6.45, 7) is 2.59. The lowest BCUT2D eigenvalue weighted by atomic mass is 9.75. The van der Waals surface area contributed by atoms with Crippen molar-refractivity contribution in [3.63, 3.8) is 0 Å². The molecule has 0 saturated carbocycles. The predicted octanol–water partition coefficient (Wildman–Crippen LogP) is 4.49. The summed E-state index contributed by atoms with van der Waals surface area (Å²) in [6.07, 6.45) is 10.3. The molecule has 3 amide bonds. The van der Waals surface area contributed by atoms with Gasteiger partial charge < -0.3 is 20.7 Å². The van der Waals surface area contributed by atoms with Crippen LogP contribution in [-0.4, -0.2) is 72.5 Å². The molecule has 3 aromatic rings. The molecule has 2 fully saturated rings. The summed E-state index contributed by atoms with van der Waals surface area (Å²) in [4.78, 5) is 48.2. The molecule has 1 spiro atoms. The normalized spacial score (nSPS) is 24.2. The van der Waals surface area contributed by atoms with E-state index in [0.717, 1.165) is 22.4 Å². The maximum Gasteiger partial charge on any atom is 0.243 e. The summed E-state index contributed by atoms with van der Waals surface area (Å²) in [6, 6.07) is 15.4. The van der Waals surface area contributed by atoms with Crippen LogP contribution >= 0.6 is 11.3 Å². The van der Waals surface area contributed by atoms with Crippen LogP contribution in [0.3, 0.4) is 0 Å². The molecule has 6 rings (SSSR count). The minimum Gasteiger partial charge on any atom is -0.381 e. The van der Waals surface area contributed by atoms with Crippen LogP contribution in [0, 0.1) is 17.2 Å². The fourth-order valence-electron chi connectivity index (χ4n) is 6.81. The van der Waals surface area contributed by atoms with E-state index in [4.69, 9.17) is 4.74 Å². The number of allylic oxidation sites excluding steroid dienone is 2. The van der Waals surface area contributed by atoms with Gasteiger partial charge in [-0.15, -0.1) is 11.3 Å². The lowest BCUT2D eigenvalue weighted by Gasteiger charge is -2.40. The Morgan fingerprint density at radius 1 is 1.04 bits per heavy atom. The molecule has 2 saturated heterocycles. The van der Waals surface area contributed by atoms with Crippen LogP contribution in [0.15, 0.2) is 72.9 Å². The van der Waals surface area contributed by atoms with E-state index in [2.05, 4.69) is 38.0 Å². The third kappa shape index (κ3) is 8.71. The predicted molar refractivity (Wildman–Crippen MR) is 179 cm³/mol. The number of likely N-dealkylation sites (tertiary alicyclic amines) is 1. The minimum atomic E-state index is -0.691. The highest BCUT2D eigenvalue weighted by Gasteiger charge is 2.41. The van der Waals surface area contributed by atoms with Crippen LogP contribution in [0.4, 0.5) is 9.52 Å². The SMILES string of the molecule is O=C(CN1CC[C@@H]2NC(=O)[C@H](Cc3ccccc3)NC(=O)C3(C/C=C/C[C@@H]2C1)CCOCC3)Nc1ncc(Cc2ccc(F)cc2)s1. The minimum absolute atomic E-state index is 0.0777. The van der Waals surface area contributed by atoms with E-state index in [0.29, 0.717) is 70.0 Å². The second-order valence-corrected chi connectivity index (χ2v) is 14.0. The van der Waals surface area contributed by atoms with Crippen molar-refractivity contribution in [2.75, 3.05) is 38.2 Å². The molecule has 47 heavy (non-hydrogen) atoms. The Labute approximate surface area is 279 Å². The summed E-state index contributed by atoms with van der Waals surface area (Å²) in [7, 11) is 0. The van der Waals surface area contributed by atoms with E-state index in [1.54, 1.807) is 18.3 Å². The first-order chi connectivity index (χ1) is 22.8. The number of hydrogen-bond donors (Lipinski definition) is 3. The van der Waals surface area contributed by atoms with E-state index >= 15 is 0 Å². The maximum atomic E-state index is 13.8. The van der Waals surface area contributed by atoms with Gasteiger partial charge in [-0.2, -0.15) is 0 Å². The molecule has 1 aromatic heterocycles. The summed E-state index contributed by atoms with van der Waals surface area (Å²) in [5, 5.41) is 9.91. The monoisotopic (exact) mass is 659 g/mol. The Hall–Kier alpha value is -3.93. The van der Waals surface area contributed by atoms with Gasteiger partial charge >= 0.3 is 0 Å². The number of carbonyl (C=O) groups is 3. The Kier molecular flexibility index (Phi) is 10.7. The average Bonchev–Trinajstić information content (AvgIpc) is 3.51. The topological polar surface area (TPSA) is 113 Å². The molecule has 3 aliphatic heterocycles. The molecule has 4 heterocycles. The third-order valence-corrected chi connectivity index (χ3v) is 10.5. The number of nitrogens with zero attached hydrogens (tertiary/aromatic N) is 2. The number of aromatic nitrogens is 1. The third-order valence-electron chi connectivity index (χ3n) is 9.55. The number of thiazole rings is 1. The molecule has 9 nitrogen and oxygen atoms in total. The Bertz CT molecular complexity index is 1560. The highest BCUT2D eigenvalue weighted by molar-refractivity contribution is 7.15. The van der Waals surface area contributed by atoms with E-state index in [9.17, 15) is 18.8 Å². The molecular weight excluding hydrogens is 617 g/mol. The van der Waals surface area contributed by atoms with Crippen molar-refractivity contribution in [3.05, 3.63) is 94.8 Å². The summed E-state index contributed by atoms with van der Waals surface area (Å²) in [5.41, 5.74) is 1.36. The second kappa shape index (κ2) is 15.3. The van der Waals surface area contributed by atoms with Gasteiger partial charge in [-0.05, 0) is 61.3 Å². The molecule has 3 aliphatic rings. The first kappa shape index (κ1) is 33.0. The Morgan fingerprint density at radius 2 is 1.83 bits per heavy atom. The van der Waals surface area contributed by atoms with Crippen LogP contribution < -0.4 is 16.0 Å². The van der Waals surface area contributed by atoms with Crippen LogP contribution in [0.1, 0.15) is 48.1 Å². The number of nitrogens with one attached hydrogen (secondary N) is 3. The number of carbonyl (C=O) groups excluding carboxylic acids is 3. The van der Waals surface area contributed by atoms with Crippen LogP contribution in [-0.2, 0) is 32.0 Å². The Morgan fingerprint density at radius 3 is 2.62 bits per heavy atom. The van der Waals surface area contributed by atoms with E-state index < -0.39 is 11.5 Å². The fourth-order valence-corrected chi connectivity index (χ4v) is 7.67. The maximum absolute atomic E-state index is 13.8. The van der Waals surface area contributed by atoms with Gasteiger partial charge in [0.05, 0.1) is 12.0 Å². The number of fused-ring (bicyclic) bond motifs is 1. The molecule has 3 N–H and O–H groups in total. The van der Waals surface area contributed by atoms with Gasteiger partial charge in [0.25, 0.3) is 0 Å². The van der Waals surface area contributed by atoms with Crippen molar-refractivity contribution >= 4 is 34.2 Å². The van der Waals surface area contributed by atoms with Crippen LogP contribution in [0.25, 0.3) is 0 Å². The van der Waals surface area contributed by atoms with Crippen molar-refractivity contribution in [2.45, 2.75) is 57.0 Å².